The Balaban J connectivity index is 2.14. The highest BCUT2D eigenvalue weighted by Crippen LogP contribution is 2.24. The van der Waals surface area contributed by atoms with Gasteiger partial charge in [0.25, 0.3) is 11.6 Å². The second kappa shape index (κ2) is 6.53. The number of rotatable bonds is 5. The molecule has 7 nitrogen and oxygen atoms in total. The molecule has 1 aromatic rings. The third-order valence-corrected chi connectivity index (χ3v) is 3.69. The molecule has 1 aliphatic rings. The summed E-state index contributed by atoms with van der Waals surface area (Å²) in [6.45, 7) is 4.79. The maximum atomic E-state index is 12.3. The number of non-ortho nitro benzene ring substituents is 1. The van der Waals surface area contributed by atoms with Gasteiger partial charge in [0.15, 0.2) is 0 Å². The molecule has 1 fully saturated rings. The second-order valence-electron chi connectivity index (χ2n) is 4.99. The van der Waals surface area contributed by atoms with Crippen molar-refractivity contribution in [2.75, 3.05) is 26.7 Å². The van der Waals surface area contributed by atoms with Gasteiger partial charge in [0.1, 0.15) is 5.75 Å². The Hall–Kier alpha value is -2.15. The van der Waals surface area contributed by atoms with Crippen LogP contribution >= 0.6 is 0 Å². The maximum absolute atomic E-state index is 12.3. The minimum absolute atomic E-state index is 0.0708. The van der Waals surface area contributed by atoms with Gasteiger partial charge in [0.2, 0.25) is 0 Å². The number of likely N-dealkylation sites (N-methyl/N-ethyl adjacent to an activating group) is 1. The lowest BCUT2D eigenvalue weighted by atomic mass is 10.1. The van der Waals surface area contributed by atoms with Crippen LogP contribution in [0.3, 0.4) is 0 Å². The van der Waals surface area contributed by atoms with Crippen LogP contribution in [0.25, 0.3) is 0 Å². The molecule has 1 aliphatic heterocycles. The number of hydrogen-bond acceptors (Lipinski definition) is 5. The van der Waals surface area contributed by atoms with Crippen molar-refractivity contribution in [3.63, 3.8) is 0 Å². The number of nitrogens with one attached hydrogen (secondary N) is 1. The van der Waals surface area contributed by atoms with Crippen LogP contribution in [0.2, 0.25) is 0 Å². The number of benzene rings is 1. The van der Waals surface area contributed by atoms with Crippen molar-refractivity contribution in [3.8, 4) is 5.75 Å². The molecule has 1 amide bonds. The van der Waals surface area contributed by atoms with Crippen LogP contribution in [0.1, 0.15) is 23.7 Å². The number of hydrogen-bond donors (Lipinski definition) is 1. The van der Waals surface area contributed by atoms with Crippen molar-refractivity contribution < 1.29 is 14.5 Å². The van der Waals surface area contributed by atoms with Crippen LogP contribution in [-0.4, -0.2) is 48.5 Å². The Labute approximate surface area is 123 Å². The predicted molar refractivity (Wildman–Crippen MR) is 77.6 cm³/mol. The fraction of sp³-hybridized carbons (Fsp3) is 0.500. The van der Waals surface area contributed by atoms with Crippen molar-refractivity contribution in [2.45, 2.75) is 19.4 Å². The summed E-state index contributed by atoms with van der Waals surface area (Å²) in [4.78, 5) is 24.9. The summed E-state index contributed by atoms with van der Waals surface area (Å²) < 4.78 is 5.11. The standard InChI is InChI=1S/C14H19N3O4/c1-3-16-7-6-10(9-16)15-14(18)12-8-11(17(19)20)4-5-13(12)21-2/h4-5,8,10H,3,6-7,9H2,1-2H3,(H,15,18). The summed E-state index contributed by atoms with van der Waals surface area (Å²) in [5.41, 5.74) is 0.0733. The molecule has 1 atom stereocenters. The minimum Gasteiger partial charge on any atom is -0.496 e. The van der Waals surface area contributed by atoms with Crippen molar-refractivity contribution in [1.82, 2.24) is 10.2 Å². The highest BCUT2D eigenvalue weighted by Gasteiger charge is 2.25. The molecule has 2 rings (SSSR count). The zero-order valence-electron chi connectivity index (χ0n) is 12.2. The molecular formula is C14H19N3O4. The van der Waals surface area contributed by atoms with Gasteiger partial charge < -0.3 is 15.0 Å². The lowest BCUT2D eigenvalue weighted by Crippen LogP contribution is -2.37. The highest BCUT2D eigenvalue weighted by atomic mass is 16.6. The van der Waals surface area contributed by atoms with E-state index in [1.165, 1.54) is 25.3 Å². The van der Waals surface area contributed by atoms with Crippen LogP contribution in [0.4, 0.5) is 5.69 Å². The van der Waals surface area contributed by atoms with E-state index in [0.29, 0.717) is 5.75 Å². The molecule has 1 aromatic carbocycles. The summed E-state index contributed by atoms with van der Waals surface area (Å²) in [6.07, 6.45) is 0.886. The molecule has 114 valence electrons. The normalized spacial score (nSPS) is 18.5. The highest BCUT2D eigenvalue weighted by molar-refractivity contribution is 5.97. The maximum Gasteiger partial charge on any atom is 0.270 e. The molecule has 1 saturated heterocycles. The summed E-state index contributed by atoms with van der Waals surface area (Å²) >= 11 is 0. The number of nitro benzene ring substituents is 1. The van der Waals surface area contributed by atoms with Crippen LogP contribution in [0.15, 0.2) is 18.2 Å². The first-order valence-electron chi connectivity index (χ1n) is 6.90. The van der Waals surface area contributed by atoms with E-state index in [9.17, 15) is 14.9 Å². The van der Waals surface area contributed by atoms with E-state index in [1.807, 2.05) is 0 Å². The van der Waals surface area contributed by atoms with Gasteiger partial charge in [0.05, 0.1) is 17.6 Å². The number of likely N-dealkylation sites (tertiary alicyclic amines) is 1. The quantitative estimate of drug-likeness (QED) is 0.655. The number of ether oxygens (including phenoxy) is 1. The molecule has 1 heterocycles. The molecule has 0 spiro atoms. The predicted octanol–water partition coefficient (Wildman–Crippen LogP) is 1.43. The van der Waals surface area contributed by atoms with Crippen molar-refractivity contribution in [2.24, 2.45) is 0 Å². The Bertz CT molecular complexity index is 547. The van der Waals surface area contributed by atoms with Crippen molar-refractivity contribution in [1.29, 1.82) is 0 Å². The third-order valence-electron chi connectivity index (χ3n) is 3.69. The molecule has 0 aromatic heterocycles. The smallest absolute Gasteiger partial charge is 0.270 e. The van der Waals surface area contributed by atoms with Gasteiger partial charge >= 0.3 is 0 Å². The van der Waals surface area contributed by atoms with Gasteiger partial charge in [-0.3, -0.25) is 14.9 Å². The number of carbonyl (C=O) groups excluding carboxylic acids is 1. The fourth-order valence-corrected chi connectivity index (χ4v) is 2.49. The van der Waals surface area contributed by atoms with Crippen LogP contribution in [0.5, 0.6) is 5.75 Å². The lowest BCUT2D eigenvalue weighted by Gasteiger charge is -2.15. The molecule has 0 radical (unpaired) electrons. The van der Waals surface area contributed by atoms with E-state index in [1.54, 1.807) is 0 Å². The molecule has 7 heteroatoms. The largest absolute Gasteiger partial charge is 0.496 e. The SMILES string of the molecule is CCN1CCC(NC(=O)c2cc([N+](=O)[O-])ccc2OC)C1. The Morgan fingerprint density at radius 1 is 1.57 bits per heavy atom. The summed E-state index contributed by atoms with van der Waals surface area (Å²) in [5.74, 6) is 0.00180. The van der Waals surface area contributed by atoms with Gasteiger partial charge in [-0.2, -0.15) is 0 Å². The zero-order valence-corrected chi connectivity index (χ0v) is 12.2. The average molecular weight is 293 g/mol. The summed E-state index contributed by atoms with van der Waals surface area (Å²) in [6, 6.07) is 4.09. The monoisotopic (exact) mass is 293 g/mol. The van der Waals surface area contributed by atoms with Crippen LogP contribution in [0, 0.1) is 10.1 Å². The van der Waals surface area contributed by atoms with E-state index >= 15 is 0 Å². The topological polar surface area (TPSA) is 84.7 Å². The van der Waals surface area contributed by atoms with Gasteiger partial charge in [0, 0.05) is 31.3 Å². The molecule has 0 aliphatic carbocycles. The molecule has 1 N–H and O–H groups in total. The van der Waals surface area contributed by atoms with E-state index in [2.05, 4.69) is 17.1 Å². The van der Waals surface area contributed by atoms with Gasteiger partial charge in [-0.1, -0.05) is 6.92 Å². The third kappa shape index (κ3) is 3.49. The number of amides is 1. The lowest BCUT2D eigenvalue weighted by molar-refractivity contribution is -0.384. The van der Waals surface area contributed by atoms with Crippen molar-refractivity contribution in [3.05, 3.63) is 33.9 Å². The van der Waals surface area contributed by atoms with Crippen molar-refractivity contribution >= 4 is 11.6 Å². The number of carbonyl (C=O) groups is 1. The summed E-state index contributed by atoms with van der Waals surface area (Å²) in [7, 11) is 1.44. The van der Waals surface area contributed by atoms with Crippen LogP contribution < -0.4 is 10.1 Å². The second-order valence-corrected chi connectivity index (χ2v) is 4.99. The average Bonchev–Trinajstić information content (AvgIpc) is 2.94. The number of nitro groups is 1. The summed E-state index contributed by atoms with van der Waals surface area (Å²) in [5, 5.41) is 13.7. The molecule has 0 saturated carbocycles. The molecular weight excluding hydrogens is 274 g/mol. The van der Waals surface area contributed by atoms with E-state index in [0.717, 1.165) is 26.1 Å². The van der Waals surface area contributed by atoms with E-state index < -0.39 is 4.92 Å². The number of nitrogens with zero attached hydrogens (tertiary/aromatic N) is 2. The number of methoxy groups -OCH3 is 1. The van der Waals surface area contributed by atoms with Gasteiger partial charge in [-0.05, 0) is 19.0 Å². The Morgan fingerprint density at radius 3 is 2.90 bits per heavy atom. The van der Waals surface area contributed by atoms with E-state index in [4.69, 9.17) is 4.74 Å². The first-order valence-corrected chi connectivity index (χ1v) is 6.90. The first-order chi connectivity index (χ1) is 10.0. The molecule has 1 unspecified atom stereocenters. The van der Waals surface area contributed by atoms with Gasteiger partial charge in [-0.25, -0.2) is 0 Å². The first kappa shape index (κ1) is 15.2. The Kier molecular flexibility index (Phi) is 4.74. The van der Waals surface area contributed by atoms with E-state index in [-0.39, 0.29) is 23.2 Å². The fourth-order valence-electron chi connectivity index (χ4n) is 2.49. The minimum atomic E-state index is -0.523. The zero-order chi connectivity index (χ0) is 15.4. The molecule has 21 heavy (non-hydrogen) atoms. The molecule has 0 bridgehead atoms. The Morgan fingerprint density at radius 2 is 2.33 bits per heavy atom. The van der Waals surface area contributed by atoms with Gasteiger partial charge in [-0.15, -0.1) is 0 Å². The van der Waals surface area contributed by atoms with Crippen LogP contribution in [-0.2, 0) is 0 Å².